The van der Waals surface area contributed by atoms with E-state index in [0.29, 0.717) is 6.42 Å². The van der Waals surface area contributed by atoms with Crippen LogP contribution in [0.5, 0.6) is 5.75 Å². The molecule has 2 atom stereocenters. The first-order chi connectivity index (χ1) is 11.2. The summed E-state index contributed by atoms with van der Waals surface area (Å²) in [6, 6.07) is 8.05. The van der Waals surface area contributed by atoms with Gasteiger partial charge in [0, 0.05) is 24.0 Å². The SMILES string of the molecule is Cc1csc([C@@H]2CCCCN2C(=O)[C@@H]2Cc3ccccc3O2)n1. The number of hydrogen-bond donors (Lipinski definition) is 0. The average molecular weight is 328 g/mol. The Bertz CT molecular complexity index is 702. The molecule has 0 bridgehead atoms. The summed E-state index contributed by atoms with van der Waals surface area (Å²) in [4.78, 5) is 19.7. The summed E-state index contributed by atoms with van der Waals surface area (Å²) < 4.78 is 5.90. The zero-order chi connectivity index (χ0) is 15.8. The molecule has 0 N–H and O–H groups in total. The normalized spacial score (nSPS) is 23.4. The van der Waals surface area contributed by atoms with E-state index >= 15 is 0 Å². The molecule has 2 aliphatic heterocycles. The monoisotopic (exact) mass is 328 g/mol. The molecule has 1 aromatic carbocycles. The number of amides is 1. The highest BCUT2D eigenvalue weighted by atomic mass is 32.1. The van der Waals surface area contributed by atoms with Crippen molar-refractivity contribution >= 4 is 17.2 Å². The highest BCUT2D eigenvalue weighted by molar-refractivity contribution is 7.09. The lowest BCUT2D eigenvalue weighted by molar-refractivity contribution is -0.142. The van der Waals surface area contributed by atoms with Gasteiger partial charge in [0.1, 0.15) is 10.8 Å². The Kier molecular flexibility index (Phi) is 3.81. The maximum absolute atomic E-state index is 13.0. The van der Waals surface area contributed by atoms with Crippen LogP contribution >= 0.6 is 11.3 Å². The van der Waals surface area contributed by atoms with Crippen LogP contribution in [-0.4, -0.2) is 28.4 Å². The Balaban J connectivity index is 1.55. The molecule has 0 spiro atoms. The number of likely N-dealkylation sites (tertiary alicyclic amines) is 1. The summed E-state index contributed by atoms with van der Waals surface area (Å²) in [5.74, 6) is 0.961. The molecule has 0 unspecified atom stereocenters. The molecule has 0 saturated carbocycles. The zero-order valence-corrected chi connectivity index (χ0v) is 14.0. The van der Waals surface area contributed by atoms with Crippen molar-refractivity contribution in [3.8, 4) is 5.75 Å². The number of carbonyl (C=O) groups is 1. The fourth-order valence-electron chi connectivity index (χ4n) is 3.48. The van der Waals surface area contributed by atoms with Gasteiger partial charge in [0.05, 0.1) is 6.04 Å². The Labute approximate surface area is 140 Å². The fourth-order valence-corrected chi connectivity index (χ4v) is 4.42. The van der Waals surface area contributed by atoms with Crippen LogP contribution in [0, 0.1) is 6.92 Å². The number of thiazole rings is 1. The number of aromatic nitrogens is 1. The maximum Gasteiger partial charge on any atom is 0.264 e. The largest absolute Gasteiger partial charge is 0.480 e. The highest BCUT2D eigenvalue weighted by Crippen LogP contribution is 2.35. The molecule has 120 valence electrons. The number of fused-ring (bicyclic) bond motifs is 1. The van der Waals surface area contributed by atoms with Crippen molar-refractivity contribution in [3.63, 3.8) is 0 Å². The van der Waals surface area contributed by atoms with Gasteiger partial charge in [-0.3, -0.25) is 4.79 Å². The van der Waals surface area contributed by atoms with Gasteiger partial charge in [0.2, 0.25) is 0 Å². The summed E-state index contributed by atoms with van der Waals surface area (Å²) in [5.41, 5.74) is 2.16. The van der Waals surface area contributed by atoms with Gasteiger partial charge < -0.3 is 9.64 Å². The molecule has 1 saturated heterocycles. The minimum Gasteiger partial charge on any atom is -0.480 e. The Morgan fingerprint density at radius 3 is 3.00 bits per heavy atom. The van der Waals surface area contributed by atoms with Crippen LogP contribution in [-0.2, 0) is 11.2 Å². The first kappa shape index (κ1) is 14.7. The van der Waals surface area contributed by atoms with E-state index in [2.05, 4.69) is 10.4 Å². The van der Waals surface area contributed by atoms with E-state index in [1.54, 1.807) is 11.3 Å². The number of nitrogens with zero attached hydrogens (tertiary/aromatic N) is 2. The predicted molar refractivity (Wildman–Crippen MR) is 89.7 cm³/mol. The van der Waals surface area contributed by atoms with Crippen molar-refractivity contribution in [2.75, 3.05) is 6.54 Å². The summed E-state index contributed by atoms with van der Waals surface area (Å²) in [5, 5.41) is 3.13. The molecule has 0 aliphatic carbocycles. The van der Waals surface area contributed by atoms with Crippen molar-refractivity contribution in [3.05, 3.63) is 45.9 Å². The third-order valence-electron chi connectivity index (χ3n) is 4.63. The lowest BCUT2D eigenvalue weighted by atomic mass is 10.0. The van der Waals surface area contributed by atoms with Gasteiger partial charge in [-0.05, 0) is 37.8 Å². The molecule has 3 heterocycles. The van der Waals surface area contributed by atoms with E-state index in [4.69, 9.17) is 4.74 Å². The zero-order valence-electron chi connectivity index (χ0n) is 13.2. The fraction of sp³-hybridized carbons (Fsp3) is 0.444. The molecule has 0 radical (unpaired) electrons. The summed E-state index contributed by atoms with van der Waals surface area (Å²) in [6.07, 6.45) is 3.51. The average Bonchev–Trinajstić information content (AvgIpc) is 3.20. The molecule has 2 aromatic rings. The number of aryl methyl sites for hydroxylation is 1. The van der Waals surface area contributed by atoms with E-state index in [1.165, 1.54) is 0 Å². The minimum atomic E-state index is -0.381. The molecule has 4 rings (SSSR count). The smallest absolute Gasteiger partial charge is 0.264 e. The van der Waals surface area contributed by atoms with Gasteiger partial charge in [0.25, 0.3) is 5.91 Å². The highest BCUT2D eigenvalue weighted by Gasteiger charge is 2.37. The molecule has 5 heteroatoms. The van der Waals surface area contributed by atoms with E-state index in [0.717, 1.165) is 47.8 Å². The molecule has 1 amide bonds. The lowest BCUT2D eigenvalue weighted by Gasteiger charge is -2.35. The van der Waals surface area contributed by atoms with E-state index in [9.17, 15) is 4.79 Å². The first-order valence-corrected chi connectivity index (χ1v) is 9.07. The van der Waals surface area contributed by atoms with E-state index in [-0.39, 0.29) is 18.1 Å². The number of benzene rings is 1. The number of piperidine rings is 1. The molecule has 1 fully saturated rings. The standard InChI is InChI=1S/C18H20N2O2S/c1-12-11-23-17(19-12)14-7-4-5-9-20(14)18(21)16-10-13-6-2-3-8-15(13)22-16/h2-3,6,8,11,14,16H,4-5,7,9-10H2,1H3/t14-,16-/m0/s1. The quantitative estimate of drug-likeness (QED) is 0.847. The van der Waals surface area contributed by atoms with Crippen molar-refractivity contribution in [1.29, 1.82) is 0 Å². The number of rotatable bonds is 2. The maximum atomic E-state index is 13.0. The topological polar surface area (TPSA) is 42.4 Å². The van der Waals surface area contributed by atoms with Gasteiger partial charge in [-0.15, -0.1) is 11.3 Å². The second-order valence-corrected chi connectivity index (χ2v) is 7.18. The number of hydrogen-bond acceptors (Lipinski definition) is 4. The second-order valence-electron chi connectivity index (χ2n) is 6.29. The van der Waals surface area contributed by atoms with Gasteiger partial charge in [0.15, 0.2) is 6.10 Å². The van der Waals surface area contributed by atoms with Crippen LogP contribution < -0.4 is 4.74 Å². The molecular weight excluding hydrogens is 308 g/mol. The minimum absolute atomic E-state index is 0.110. The van der Waals surface area contributed by atoms with Crippen molar-refractivity contribution in [1.82, 2.24) is 9.88 Å². The summed E-state index contributed by atoms with van der Waals surface area (Å²) in [6.45, 7) is 2.81. The molecule has 23 heavy (non-hydrogen) atoms. The van der Waals surface area contributed by atoms with Crippen LogP contribution in [0.3, 0.4) is 0 Å². The van der Waals surface area contributed by atoms with Crippen LogP contribution in [0.2, 0.25) is 0 Å². The lowest BCUT2D eigenvalue weighted by Crippen LogP contribution is -2.45. The Hall–Kier alpha value is -1.88. The summed E-state index contributed by atoms with van der Waals surface area (Å²) in [7, 11) is 0. The van der Waals surface area contributed by atoms with Crippen LogP contribution in [0.25, 0.3) is 0 Å². The summed E-state index contributed by atoms with van der Waals surface area (Å²) >= 11 is 1.66. The third kappa shape index (κ3) is 2.74. The Morgan fingerprint density at radius 2 is 2.22 bits per heavy atom. The van der Waals surface area contributed by atoms with Crippen LogP contribution in [0.4, 0.5) is 0 Å². The number of carbonyl (C=O) groups excluding carboxylic acids is 1. The predicted octanol–water partition coefficient (Wildman–Crippen LogP) is 3.51. The first-order valence-electron chi connectivity index (χ1n) is 8.19. The Morgan fingerprint density at radius 1 is 1.35 bits per heavy atom. The van der Waals surface area contributed by atoms with Crippen molar-refractivity contribution in [2.45, 2.75) is 44.8 Å². The van der Waals surface area contributed by atoms with E-state index in [1.807, 2.05) is 36.1 Å². The van der Waals surface area contributed by atoms with Gasteiger partial charge in [-0.1, -0.05) is 18.2 Å². The van der Waals surface area contributed by atoms with Crippen LogP contribution in [0.15, 0.2) is 29.6 Å². The molecular formula is C18H20N2O2S. The molecule has 4 nitrogen and oxygen atoms in total. The number of ether oxygens (including phenoxy) is 1. The molecule has 1 aromatic heterocycles. The third-order valence-corrected chi connectivity index (χ3v) is 5.69. The van der Waals surface area contributed by atoms with E-state index < -0.39 is 0 Å². The van der Waals surface area contributed by atoms with Gasteiger partial charge >= 0.3 is 0 Å². The van der Waals surface area contributed by atoms with Crippen molar-refractivity contribution in [2.24, 2.45) is 0 Å². The van der Waals surface area contributed by atoms with Crippen molar-refractivity contribution < 1.29 is 9.53 Å². The molecule has 2 aliphatic rings. The second kappa shape index (κ2) is 5.96. The number of para-hydroxylation sites is 1. The van der Waals surface area contributed by atoms with Gasteiger partial charge in [-0.25, -0.2) is 4.98 Å². The van der Waals surface area contributed by atoms with Crippen LogP contribution in [0.1, 0.15) is 41.6 Å². The van der Waals surface area contributed by atoms with Gasteiger partial charge in [-0.2, -0.15) is 0 Å².